The predicted octanol–water partition coefficient (Wildman–Crippen LogP) is 6.02. The SMILES string of the molecule is Cc1ccccc1C(=O)Nc1cccc(SC(C)C(=O)Nc2ccccc2Cl)c1. The van der Waals surface area contributed by atoms with E-state index in [2.05, 4.69) is 10.6 Å². The molecule has 0 aliphatic heterocycles. The molecule has 0 aliphatic rings. The van der Waals surface area contributed by atoms with Crippen molar-refractivity contribution in [3.05, 3.63) is 88.9 Å². The van der Waals surface area contributed by atoms with E-state index < -0.39 is 0 Å². The maximum Gasteiger partial charge on any atom is 0.255 e. The Labute approximate surface area is 179 Å². The van der Waals surface area contributed by atoms with Crippen LogP contribution in [0.3, 0.4) is 0 Å². The van der Waals surface area contributed by atoms with Crippen molar-refractivity contribution in [2.24, 2.45) is 0 Å². The summed E-state index contributed by atoms with van der Waals surface area (Å²) in [5.74, 6) is -0.299. The lowest BCUT2D eigenvalue weighted by atomic mass is 10.1. The summed E-state index contributed by atoms with van der Waals surface area (Å²) in [5.41, 5.74) is 2.83. The number of carbonyl (C=O) groups excluding carboxylic acids is 2. The Morgan fingerprint density at radius 1 is 0.931 bits per heavy atom. The number of amides is 2. The van der Waals surface area contributed by atoms with Crippen molar-refractivity contribution in [1.82, 2.24) is 0 Å². The van der Waals surface area contributed by atoms with Crippen molar-refractivity contribution in [3.63, 3.8) is 0 Å². The summed E-state index contributed by atoms with van der Waals surface area (Å²) in [6, 6.07) is 22.0. The van der Waals surface area contributed by atoms with Crippen molar-refractivity contribution in [1.29, 1.82) is 0 Å². The maximum atomic E-state index is 12.5. The maximum absolute atomic E-state index is 12.5. The molecule has 0 spiro atoms. The van der Waals surface area contributed by atoms with Crippen LogP contribution in [-0.4, -0.2) is 17.1 Å². The molecule has 1 atom stereocenters. The molecule has 0 bridgehead atoms. The molecule has 0 saturated heterocycles. The third kappa shape index (κ3) is 5.62. The van der Waals surface area contributed by atoms with Gasteiger partial charge in [0.1, 0.15) is 0 Å². The van der Waals surface area contributed by atoms with Gasteiger partial charge < -0.3 is 10.6 Å². The van der Waals surface area contributed by atoms with E-state index in [4.69, 9.17) is 11.6 Å². The third-order valence-electron chi connectivity index (χ3n) is 4.30. The normalized spacial score (nSPS) is 11.6. The Kier molecular flexibility index (Phi) is 6.96. The molecule has 29 heavy (non-hydrogen) atoms. The number of aryl methyl sites for hydroxylation is 1. The number of thioether (sulfide) groups is 1. The Morgan fingerprint density at radius 2 is 1.66 bits per heavy atom. The molecular weight excluding hydrogens is 404 g/mol. The van der Waals surface area contributed by atoms with Crippen molar-refractivity contribution >= 4 is 46.6 Å². The number of hydrogen-bond acceptors (Lipinski definition) is 3. The number of nitrogens with one attached hydrogen (secondary N) is 2. The fourth-order valence-electron chi connectivity index (χ4n) is 2.73. The van der Waals surface area contributed by atoms with Gasteiger partial charge in [-0.15, -0.1) is 11.8 Å². The first-order chi connectivity index (χ1) is 13.9. The molecule has 6 heteroatoms. The average molecular weight is 425 g/mol. The van der Waals surface area contributed by atoms with Gasteiger partial charge in [-0.1, -0.05) is 48.0 Å². The molecule has 148 valence electrons. The second-order valence-electron chi connectivity index (χ2n) is 6.53. The van der Waals surface area contributed by atoms with Crippen LogP contribution in [0.5, 0.6) is 0 Å². The molecule has 1 unspecified atom stereocenters. The molecule has 0 fully saturated rings. The topological polar surface area (TPSA) is 58.2 Å². The van der Waals surface area contributed by atoms with E-state index in [0.717, 1.165) is 10.5 Å². The van der Waals surface area contributed by atoms with E-state index in [0.29, 0.717) is 22.0 Å². The van der Waals surface area contributed by atoms with Crippen LogP contribution < -0.4 is 10.6 Å². The van der Waals surface area contributed by atoms with Crippen LogP contribution in [0.15, 0.2) is 77.7 Å². The highest BCUT2D eigenvalue weighted by atomic mass is 35.5. The number of hydrogen-bond donors (Lipinski definition) is 2. The second kappa shape index (κ2) is 9.63. The molecule has 3 aromatic carbocycles. The first-order valence-corrected chi connectivity index (χ1v) is 10.4. The van der Waals surface area contributed by atoms with E-state index in [1.54, 1.807) is 18.2 Å². The van der Waals surface area contributed by atoms with Crippen molar-refractivity contribution in [2.45, 2.75) is 24.0 Å². The first kappa shape index (κ1) is 21.0. The summed E-state index contributed by atoms with van der Waals surface area (Å²) in [4.78, 5) is 25.9. The van der Waals surface area contributed by atoms with Crippen LogP contribution in [-0.2, 0) is 4.79 Å². The average Bonchev–Trinajstić information content (AvgIpc) is 2.70. The molecule has 3 rings (SSSR count). The van der Waals surface area contributed by atoms with Crippen molar-refractivity contribution in [3.8, 4) is 0 Å². The molecule has 4 nitrogen and oxygen atoms in total. The van der Waals surface area contributed by atoms with Crippen LogP contribution in [0.1, 0.15) is 22.8 Å². The lowest BCUT2D eigenvalue weighted by Gasteiger charge is -2.14. The van der Waals surface area contributed by atoms with Gasteiger partial charge in [0.15, 0.2) is 0 Å². The molecular formula is C23H21ClN2O2S. The zero-order chi connectivity index (χ0) is 20.8. The number of benzene rings is 3. The lowest BCUT2D eigenvalue weighted by molar-refractivity contribution is -0.115. The Bertz CT molecular complexity index is 1040. The van der Waals surface area contributed by atoms with Crippen LogP contribution in [0, 0.1) is 6.92 Å². The summed E-state index contributed by atoms with van der Waals surface area (Å²) in [7, 11) is 0. The number of halogens is 1. The molecule has 0 radical (unpaired) electrons. The van der Waals surface area contributed by atoms with Gasteiger partial charge in [0.05, 0.1) is 16.0 Å². The highest BCUT2D eigenvalue weighted by Gasteiger charge is 2.16. The van der Waals surface area contributed by atoms with E-state index >= 15 is 0 Å². The van der Waals surface area contributed by atoms with Crippen LogP contribution in [0.2, 0.25) is 5.02 Å². The molecule has 0 heterocycles. The summed E-state index contributed by atoms with van der Waals surface area (Å²) in [5, 5.41) is 5.92. The van der Waals surface area contributed by atoms with Crippen molar-refractivity contribution in [2.75, 3.05) is 10.6 Å². The second-order valence-corrected chi connectivity index (χ2v) is 8.35. The van der Waals surface area contributed by atoms with E-state index in [-0.39, 0.29) is 17.1 Å². The molecule has 2 N–H and O–H groups in total. The summed E-state index contributed by atoms with van der Waals surface area (Å²) in [6.45, 7) is 3.73. The number of anilines is 2. The zero-order valence-corrected chi connectivity index (χ0v) is 17.7. The number of carbonyl (C=O) groups is 2. The lowest BCUT2D eigenvalue weighted by Crippen LogP contribution is -2.22. The number of rotatable bonds is 6. The highest BCUT2D eigenvalue weighted by molar-refractivity contribution is 8.00. The van der Waals surface area contributed by atoms with Gasteiger partial charge in [-0.3, -0.25) is 9.59 Å². The van der Waals surface area contributed by atoms with Gasteiger partial charge in [0.25, 0.3) is 5.91 Å². The Morgan fingerprint density at radius 3 is 2.41 bits per heavy atom. The number of para-hydroxylation sites is 1. The largest absolute Gasteiger partial charge is 0.324 e. The van der Waals surface area contributed by atoms with Gasteiger partial charge in [-0.2, -0.15) is 0 Å². The summed E-state index contributed by atoms with van der Waals surface area (Å²) >= 11 is 7.51. The van der Waals surface area contributed by atoms with Crippen LogP contribution >= 0.6 is 23.4 Å². The quantitative estimate of drug-likeness (QED) is 0.475. The molecule has 2 amide bonds. The van der Waals surface area contributed by atoms with Crippen LogP contribution in [0.4, 0.5) is 11.4 Å². The van der Waals surface area contributed by atoms with E-state index in [9.17, 15) is 9.59 Å². The predicted molar refractivity (Wildman–Crippen MR) is 121 cm³/mol. The molecule has 0 aromatic heterocycles. The monoisotopic (exact) mass is 424 g/mol. The molecule has 3 aromatic rings. The first-order valence-electron chi connectivity index (χ1n) is 9.13. The van der Waals surface area contributed by atoms with Gasteiger partial charge in [0.2, 0.25) is 5.91 Å². The fraction of sp³-hybridized carbons (Fsp3) is 0.130. The minimum atomic E-state index is -0.339. The van der Waals surface area contributed by atoms with Gasteiger partial charge in [-0.05, 0) is 55.8 Å². The Balaban J connectivity index is 1.65. The van der Waals surface area contributed by atoms with Gasteiger partial charge in [-0.25, -0.2) is 0 Å². The Hall–Kier alpha value is -2.76. The minimum absolute atomic E-state index is 0.141. The summed E-state index contributed by atoms with van der Waals surface area (Å²) in [6.07, 6.45) is 0. The van der Waals surface area contributed by atoms with E-state index in [1.165, 1.54) is 11.8 Å². The summed E-state index contributed by atoms with van der Waals surface area (Å²) < 4.78 is 0. The minimum Gasteiger partial charge on any atom is -0.324 e. The smallest absolute Gasteiger partial charge is 0.255 e. The zero-order valence-electron chi connectivity index (χ0n) is 16.1. The van der Waals surface area contributed by atoms with Gasteiger partial charge in [0, 0.05) is 16.1 Å². The molecule has 0 saturated carbocycles. The van der Waals surface area contributed by atoms with Crippen LogP contribution in [0.25, 0.3) is 0 Å². The van der Waals surface area contributed by atoms with E-state index in [1.807, 2.05) is 68.4 Å². The molecule has 0 aliphatic carbocycles. The third-order valence-corrected chi connectivity index (χ3v) is 5.72. The standard InChI is InChI=1S/C23H21ClN2O2S/c1-15-8-3-4-11-19(15)23(28)25-17-9-7-10-18(14-17)29-16(2)22(27)26-21-13-6-5-12-20(21)24/h3-14,16H,1-2H3,(H,25,28)(H,26,27). The van der Waals surface area contributed by atoms with Crippen molar-refractivity contribution < 1.29 is 9.59 Å². The fourth-order valence-corrected chi connectivity index (χ4v) is 3.84. The van der Waals surface area contributed by atoms with Gasteiger partial charge >= 0.3 is 0 Å². The highest BCUT2D eigenvalue weighted by Crippen LogP contribution is 2.28.